The number of unbranched alkanes of at least 4 members (excludes halogenated alkanes) is 24. The highest BCUT2D eigenvalue weighted by atomic mass is 31.2. The zero-order chi connectivity index (χ0) is 37.9. The van der Waals surface area contributed by atoms with Crippen molar-refractivity contribution in [3.63, 3.8) is 0 Å². The van der Waals surface area contributed by atoms with Crippen LogP contribution in [0.25, 0.3) is 0 Å². The lowest BCUT2D eigenvalue weighted by Crippen LogP contribution is -2.35. The molecule has 0 bridgehead atoms. The largest absolute Gasteiger partial charge is 0.474 e. The van der Waals surface area contributed by atoms with Crippen LogP contribution in [0, 0.1) is 0 Å². The van der Waals surface area contributed by atoms with Gasteiger partial charge in [-0.05, 0) is 12.8 Å². The number of Topliss-reactive ketones (excluding diaryl/α,β-unsaturated/α-hetero) is 1. The normalized spacial score (nSPS) is 13.7. The Balaban J connectivity index is 4.36. The molecule has 0 aromatic heterocycles. The van der Waals surface area contributed by atoms with E-state index in [4.69, 9.17) is 18.5 Å². The van der Waals surface area contributed by atoms with Gasteiger partial charge in [0.2, 0.25) is 6.29 Å². The Morgan fingerprint density at radius 3 is 1.39 bits per heavy atom. The van der Waals surface area contributed by atoms with Gasteiger partial charge in [0.25, 0.3) is 0 Å². The molecular formula is C41H83NO8P+. The minimum absolute atomic E-state index is 0.0346. The Morgan fingerprint density at radius 1 is 0.588 bits per heavy atom. The summed E-state index contributed by atoms with van der Waals surface area (Å²) in [6.45, 7) is 4.63. The van der Waals surface area contributed by atoms with Gasteiger partial charge in [-0.3, -0.25) is 18.6 Å². The number of hydrogen-bond acceptors (Lipinski definition) is 7. The van der Waals surface area contributed by atoms with Gasteiger partial charge in [0.1, 0.15) is 13.2 Å². The first-order chi connectivity index (χ1) is 24.5. The van der Waals surface area contributed by atoms with Crippen molar-refractivity contribution in [3.05, 3.63) is 0 Å². The first-order valence-corrected chi connectivity index (χ1v) is 22.7. The van der Waals surface area contributed by atoms with Crippen LogP contribution in [0.2, 0.25) is 0 Å². The van der Waals surface area contributed by atoms with E-state index in [0.717, 1.165) is 45.1 Å². The third-order valence-electron chi connectivity index (χ3n) is 9.33. The molecule has 0 heterocycles. The molecular weight excluding hydrogens is 665 g/mol. The Hall–Kier alpha value is -0.830. The van der Waals surface area contributed by atoms with E-state index in [2.05, 4.69) is 13.8 Å². The molecule has 10 heteroatoms. The summed E-state index contributed by atoms with van der Waals surface area (Å²) < 4.78 is 34.7. The fourth-order valence-corrected chi connectivity index (χ4v) is 6.96. The second-order valence-corrected chi connectivity index (χ2v) is 17.1. The molecule has 0 saturated heterocycles. The van der Waals surface area contributed by atoms with Crippen LogP contribution in [0.1, 0.15) is 200 Å². The van der Waals surface area contributed by atoms with Gasteiger partial charge >= 0.3 is 13.8 Å². The number of nitrogens with zero attached hydrogens (tertiary/aromatic N) is 1. The molecule has 0 aliphatic heterocycles. The van der Waals surface area contributed by atoms with Crippen molar-refractivity contribution in [1.82, 2.24) is 0 Å². The molecule has 0 radical (unpaired) electrons. The molecule has 1 N–H and O–H groups in total. The van der Waals surface area contributed by atoms with Crippen LogP contribution in [-0.4, -0.2) is 74.9 Å². The molecule has 0 saturated carbocycles. The topological polar surface area (TPSA) is 108 Å². The van der Waals surface area contributed by atoms with E-state index in [1.54, 1.807) is 0 Å². The molecule has 0 aromatic carbocycles. The zero-order valence-corrected chi connectivity index (χ0v) is 35.0. The fourth-order valence-electron chi connectivity index (χ4n) is 6.13. The van der Waals surface area contributed by atoms with Crippen molar-refractivity contribution in [3.8, 4) is 0 Å². The molecule has 0 aliphatic rings. The second kappa shape index (κ2) is 34.9. The van der Waals surface area contributed by atoms with E-state index in [1.807, 2.05) is 21.1 Å². The highest BCUT2D eigenvalue weighted by Gasteiger charge is 2.29. The molecule has 0 fully saturated rings. The summed E-state index contributed by atoms with van der Waals surface area (Å²) in [6.07, 6.45) is 31.8. The molecule has 0 spiro atoms. The van der Waals surface area contributed by atoms with Crippen LogP contribution in [-0.2, 0) is 32.7 Å². The molecule has 2 atom stereocenters. The summed E-state index contributed by atoms with van der Waals surface area (Å²) >= 11 is 0. The summed E-state index contributed by atoms with van der Waals surface area (Å²) in [5.41, 5.74) is 0. The summed E-state index contributed by atoms with van der Waals surface area (Å²) in [5, 5.41) is 0. The Kier molecular flexibility index (Phi) is 34.3. The maximum atomic E-state index is 12.7. The predicted molar refractivity (Wildman–Crippen MR) is 211 cm³/mol. The van der Waals surface area contributed by atoms with Crippen LogP contribution < -0.4 is 0 Å². The number of ether oxygens (including phenoxy) is 2. The molecule has 0 amide bonds. The van der Waals surface area contributed by atoms with E-state index < -0.39 is 20.1 Å². The van der Waals surface area contributed by atoms with Crippen molar-refractivity contribution in [2.75, 3.05) is 47.5 Å². The van der Waals surface area contributed by atoms with Gasteiger partial charge in [-0.15, -0.1) is 0 Å². The Morgan fingerprint density at radius 2 is 0.980 bits per heavy atom. The lowest BCUT2D eigenvalue weighted by Gasteiger charge is -2.24. The maximum absolute atomic E-state index is 12.7. The van der Waals surface area contributed by atoms with Crippen molar-refractivity contribution in [1.29, 1.82) is 0 Å². The minimum Gasteiger partial charge on any atom is -0.460 e. The van der Waals surface area contributed by atoms with Gasteiger partial charge in [-0.2, -0.15) is 0 Å². The first-order valence-electron chi connectivity index (χ1n) is 21.2. The van der Waals surface area contributed by atoms with Gasteiger partial charge in [0, 0.05) is 19.3 Å². The summed E-state index contributed by atoms with van der Waals surface area (Å²) in [4.78, 5) is 35.3. The smallest absolute Gasteiger partial charge is 0.460 e. The number of phosphoric acid groups is 1. The number of carbonyl (C=O) groups is 2. The number of esters is 1. The van der Waals surface area contributed by atoms with E-state index >= 15 is 0 Å². The van der Waals surface area contributed by atoms with E-state index in [-0.39, 0.29) is 32.0 Å². The zero-order valence-electron chi connectivity index (χ0n) is 34.1. The predicted octanol–water partition coefficient (Wildman–Crippen LogP) is 11.6. The number of quaternary nitrogens is 1. The lowest BCUT2D eigenvalue weighted by atomic mass is 10.0. The Labute approximate surface area is 314 Å². The molecule has 304 valence electrons. The third-order valence-corrected chi connectivity index (χ3v) is 10.3. The maximum Gasteiger partial charge on any atom is 0.474 e. The van der Waals surface area contributed by atoms with Crippen molar-refractivity contribution >= 4 is 19.6 Å². The average molecular weight is 749 g/mol. The van der Waals surface area contributed by atoms with Gasteiger partial charge < -0.3 is 18.9 Å². The van der Waals surface area contributed by atoms with Gasteiger partial charge in [-0.25, -0.2) is 4.57 Å². The lowest BCUT2D eigenvalue weighted by molar-refractivity contribution is -0.870. The molecule has 2 unspecified atom stereocenters. The van der Waals surface area contributed by atoms with Crippen LogP contribution in [0.4, 0.5) is 0 Å². The molecule has 9 nitrogen and oxygen atoms in total. The molecule has 0 aliphatic carbocycles. The number of carbonyl (C=O) groups excluding carboxylic acids is 2. The number of hydrogen-bond donors (Lipinski definition) is 1. The van der Waals surface area contributed by atoms with Crippen LogP contribution in [0.5, 0.6) is 0 Å². The molecule has 51 heavy (non-hydrogen) atoms. The Bertz CT molecular complexity index is 804. The standard InChI is InChI=1S/C41H82NO8P/c1-6-8-10-12-14-16-18-20-22-24-26-28-30-33-39(43)37-48-41(50-51(45,46)49-36-32-35-42(3,4)5)38-47-40(44)34-31-29-27-25-23-21-19-17-15-13-11-9-7-2/h41H,6-38H2,1-5H3/p+1. The van der Waals surface area contributed by atoms with Crippen molar-refractivity contribution in [2.24, 2.45) is 0 Å². The second-order valence-electron chi connectivity index (χ2n) is 15.7. The number of ketones is 1. The molecule has 0 rings (SSSR count). The minimum atomic E-state index is -4.49. The molecule has 0 aromatic rings. The van der Waals surface area contributed by atoms with Gasteiger partial charge in [0.05, 0.1) is 34.3 Å². The van der Waals surface area contributed by atoms with Crippen molar-refractivity contribution in [2.45, 2.75) is 206 Å². The van der Waals surface area contributed by atoms with E-state index in [9.17, 15) is 19.0 Å². The number of phosphoric ester groups is 1. The van der Waals surface area contributed by atoms with Gasteiger partial charge in [-0.1, -0.05) is 168 Å². The first kappa shape index (κ1) is 50.2. The van der Waals surface area contributed by atoms with E-state index in [0.29, 0.717) is 17.3 Å². The van der Waals surface area contributed by atoms with Crippen LogP contribution in [0.3, 0.4) is 0 Å². The summed E-state index contributed by atoms with van der Waals surface area (Å²) in [7, 11) is 1.60. The highest BCUT2D eigenvalue weighted by Crippen LogP contribution is 2.45. The number of rotatable bonds is 40. The highest BCUT2D eigenvalue weighted by molar-refractivity contribution is 7.47. The van der Waals surface area contributed by atoms with E-state index in [1.165, 1.54) is 128 Å². The van der Waals surface area contributed by atoms with Gasteiger partial charge in [0.15, 0.2) is 5.78 Å². The van der Waals surface area contributed by atoms with Crippen LogP contribution >= 0.6 is 7.82 Å². The summed E-state index contributed by atoms with van der Waals surface area (Å²) in [5.74, 6) is -0.521. The average Bonchev–Trinajstić information content (AvgIpc) is 3.08. The monoisotopic (exact) mass is 749 g/mol. The van der Waals surface area contributed by atoms with Crippen LogP contribution in [0.15, 0.2) is 0 Å². The summed E-state index contributed by atoms with van der Waals surface area (Å²) in [6, 6.07) is 0. The van der Waals surface area contributed by atoms with Crippen molar-refractivity contribution < 1.29 is 42.1 Å². The SMILES string of the molecule is CCCCCCCCCCCCCCCC(=O)COC(COC(=O)CCCCCCCCCCCCCCC)OP(=O)(O)OCCC[N+](C)(C)C. The third kappa shape index (κ3) is 38.7. The quantitative estimate of drug-likeness (QED) is 0.0217. The fraction of sp³-hybridized carbons (Fsp3) is 0.951.